The fourth-order valence-electron chi connectivity index (χ4n) is 3.44. The number of likely N-dealkylation sites (tertiary alicyclic amines) is 1. The summed E-state index contributed by atoms with van der Waals surface area (Å²) in [5, 5.41) is 11.6. The summed E-state index contributed by atoms with van der Waals surface area (Å²) in [4.78, 5) is 37.5. The van der Waals surface area contributed by atoms with Crippen molar-refractivity contribution in [2.45, 2.75) is 26.3 Å². The largest absolute Gasteiger partial charge is 0.482 e. The smallest absolute Gasteiger partial charge is 0.341 e. The van der Waals surface area contributed by atoms with Crippen LogP contribution in [-0.2, 0) is 14.4 Å². The maximum Gasteiger partial charge on any atom is 0.341 e. The number of nitrogens with one attached hydrogen (secondary N) is 1. The van der Waals surface area contributed by atoms with Crippen molar-refractivity contribution >= 4 is 23.5 Å². The monoisotopic (exact) mass is 396 g/mol. The van der Waals surface area contributed by atoms with Crippen LogP contribution in [0.25, 0.3) is 0 Å². The van der Waals surface area contributed by atoms with E-state index in [2.05, 4.69) is 5.32 Å². The fourth-order valence-corrected chi connectivity index (χ4v) is 3.44. The normalized spacial score (nSPS) is 17.1. The highest BCUT2D eigenvalue weighted by Crippen LogP contribution is 2.30. The molecule has 0 aromatic heterocycles. The molecule has 3 rings (SSSR count). The summed E-state index contributed by atoms with van der Waals surface area (Å²) in [6, 6.07) is 14.6. The molecule has 1 fully saturated rings. The molecule has 2 aromatic rings. The quantitative estimate of drug-likeness (QED) is 0.750. The molecular weight excluding hydrogens is 372 g/mol. The Balaban J connectivity index is 1.63. The molecule has 29 heavy (non-hydrogen) atoms. The number of hydrogen-bond donors (Lipinski definition) is 2. The number of nitrogens with zero attached hydrogens (tertiary/aromatic N) is 1. The van der Waals surface area contributed by atoms with Crippen LogP contribution >= 0.6 is 0 Å². The van der Waals surface area contributed by atoms with Crippen molar-refractivity contribution in [1.82, 2.24) is 4.90 Å². The molecule has 152 valence electrons. The third-order valence-electron chi connectivity index (χ3n) is 5.10. The fraction of sp³-hybridized carbons (Fsp3) is 0.318. The molecule has 1 aliphatic heterocycles. The van der Waals surface area contributed by atoms with Gasteiger partial charge in [-0.3, -0.25) is 9.59 Å². The summed E-state index contributed by atoms with van der Waals surface area (Å²) >= 11 is 0. The minimum absolute atomic E-state index is 0.0318. The molecule has 2 N–H and O–H groups in total. The third-order valence-corrected chi connectivity index (χ3v) is 5.10. The van der Waals surface area contributed by atoms with Gasteiger partial charge in [-0.2, -0.15) is 0 Å². The van der Waals surface area contributed by atoms with E-state index >= 15 is 0 Å². The number of carbonyl (C=O) groups is 3. The summed E-state index contributed by atoms with van der Waals surface area (Å²) in [5.41, 5.74) is 2.40. The van der Waals surface area contributed by atoms with Gasteiger partial charge < -0.3 is 20.1 Å². The molecule has 0 radical (unpaired) electrons. The van der Waals surface area contributed by atoms with Gasteiger partial charge in [-0.05, 0) is 43.2 Å². The van der Waals surface area contributed by atoms with Crippen molar-refractivity contribution < 1.29 is 24.2 Å². The van der Waals surface area contributed by atoms with Gasteiger partial charge in [0, 0.05) is 18.7 Å². The van der Waals surface area contributed by atoms with Gasteiger partial charge in [-0.25, -0.2) is 4.79 Å². The molecule has 2 amide bonds. The van der Waals surface area contributed by atoms with Crippen LogP contribution in [0.1, 0.15) is 30.5 Å². The van der Waals surface area contributed by atoms with E-state index < -0.39 is 18.5 Å². The van der Waals surface area contributed by atoms with Crippen molar-refractivity contribution in [3.63, 3.8) is 0 Å². The number of aliphatic carboxylic acids is 1. The Hall–Kier alpha value is -3.35. The SMILES string of the molecule is Cc1cc(OCC(=O)O)ccc1NC(=O)C1CC(=O)N(C(C)c2ccccc2)C1. The molecule has 0 spiro atoms. The number of rotatable bonds is 7. The van der Waals surface area contributed by atoms with Crippen molar-refractivity contribution in [2.24, 2.45) is 5.92 Å². The van der Waals surface area contributed by atoms with Gasteiger partial charge in [-0.1, -0.05) is 30.3 Å². The van der Waals surface area contributed by atoms with Crippen molar-refractivity contribution in [1.29, 1.82) is 0 Å². The molecule has 0 saturated carbocycles. The summed E-state index contributed by atoms with van der Waals surface area (Å²) in [6.07, 6.45) is 0.182. The third kappa shape index (κ3) is 4.93. The van der Waals surface area contributed by atoms with Gasteiger partial charge in [0.05, 0.1) is 12.0 Å². The molecule has 0 bridgehead atoms. The number of hydrogen-bond acceptors (Lipinski definition) is 4. The molecule has 2 unspecified atom stereocenters. The van der Waals surface area contributed by atoms with Crippen LogP contribution in [0.15, 0.2) is 48.5 Å². The number of carbonyl (C=O) groups excluding carboxylic acids is 2. The van der Waals surface area contributed by atoms with E-state index in [0.29, 0.717) is 18.0 Å². The van der Waals surface area contributed by atoms with Gasteiger partial charge >= 0.3 is 5.97 Å². The average molecular weight is 396 g/mol. The van der Waals surface area contributed by atoms with Crippen LogP contribution in [0.3, 0.4) is 0 Å². The number of carboxylic acid groups (broad SMARTS) is 1. The standard InChI is InChI=1S/C22H24N2O5/c1-14-10-18(29-13-21(26)27)8-9-19(14)23-22(28)17-11-20(25)24(12-17)15(2)16-6-4-3-5-7-16/h3-10,15,17H,11-13H2,1-2H3,(H,23,28)(H,26,27). The number of aryl methyl sites for hydroxylation is 1. The second-order valence-electron chi connectivity index (χ2n) is 7.18. The van der Waals surface area contributed by atoms with Crippen LogP contribution in [0.5, 0.6) is 5.75 Å². The van der Waals surface area contributed by atoms with Gasteiger partial charge in [-0.15, -0.1) is 0 Å². The first kappa shape index (κ1) is 20.4. The summed E-state index contributed by atoms with van der Waals surface area (Å²) in [6.45, 7) is 3.71. The molecule has 2 atom stereocenters. The Labute approximate surface area is 169 Å². The number of amides is 2. The maximum absolute atomic E-state index is 12.7. The first-order chi connectivity index (χ1) is 13.8. The molecule has 0 aliphatic carbocycles. The lowest BCUT2D eigenvalue weighted by molar-refractivity contribution is -0.139. The van der Waals surface area contributed by atoms with E-state index in [1.165, 1.54) is 0 Å². The minimum Gasteiger partial charge on any atom is -0.482 e. The lowest BCUT2D eigenvalue weighted by atomic mass is 10.1. The highest BCUT2D eigenvalue weighted by atomic mass is 16.5. The van der Waals surface area contributed by atoms with E-state index in [-0.39, 0.29) is 24.3 Å². The summed E-state index contributed by atoms with van der Waals surface area (Å²) < 4.78 is 5.14. The van der Waals surface area contributed by atoms with E-state index in [9.17, 15) is 14.4 Å². The van der Waals surface area contributed by atoms with Gasteiger partial charge in [0.25, 0.3) is 0 Å². The second kappa shape index (κ2) is 8.77. The van der Waals surface area contributed by atoms with Gasteiger partial charge in [0.15, 0.2) is 6.61 Å². The number of carboxylic acids is 1. The van der Waals surface area contributed by atoms with Gasteiger partial charge in [0.2, 0.25) is 11.8 Å². The van der Waals surface area contributed by atoms with Crippen molar-refractivity contribution in [2.75, 3.05) is 18.5 Å². The molecule has 1 aliphatic rings. The van der Waals surface area contributed by atoms with Crippen LogP contribution in [0.4, 0.5) is 5.69 Å². The highest BCUT2D eigenvalue weighted by Gasteiger charge is 2.37. The molecule has 1 heterocycles. The van der Waals surface area contributed by atoms with Crippen LogP contribution in [0.2, 0.25) is 0 Å². The highest BCUT2D eigenvalue weighted by molar-refractivity contribution is 5.97. The van der Waals surface area contributed by atoms with Crippen molar-refractivity contribution in [3.05, 3.63) is 59.7 Å². The van der Waals surface area contributed by atoms with E-state index in [1.807, 2.05) is 37.3 Å². The first-order valence-electron chi connectivity index (χ1n) is 9.45. The molecule has 7 nitrogen and oxygen atoms in total. The zero-order valence-electron chi connectivity index (χ0n) is 16.4. The Morgan fingerprint density at radius 1 is 1.24 bits per heavy atom. The van der Waals surface area contributed by atoms with E-state index in [4.69, 9.17) is 9.84 Å². The lowest BCUT2D eigenvalue weighted by Crippen LogP contribution is -2.30. The van der Waals surface area contributed by atoms with E-state index in [0.717, 1.165) is 11.1 Å². The minimum atomic E-state index is -1.06. The molecule has 1 saturated heterocycles. The predicted molar refractivity (Wildman–Crippen MR) is 108 cm³/mol. The van der Waals surface area contributed by atoms with E-state index in [1.54, 1.807) is 30.0 Å². The Kier molecular flexibility index (Phi) is 6.16. The first-order valence-corrected chi connectivity index (χ1v) is 9.45. The van der Waals surface area contributed by atoms with Crippen LogP contribution in [0, 0.1) is 12.8 Å². The molecule has 2 aromatic carbocycles. The number of ether oxygens (including phenoxy) is 1. The zero-order valence-corrected chi connectivity index (χ0v) is 16.4. The predicted octanol–water partition coefficient (Wildman–Crippen LogP) is 3.01. The lowest BCUT2D eigenvalue weighted by Gasteiger charge is -2.25. The summed E-state index contributed by atoms with van der Waals surface area (Å²) in [7, 11) is 0. The average Bonchev–Trinajstić information content (AvgIpc) is 3.10. The summed E-state index contributed by atoms with van der Waals surface area (Å²) in [5.74, 6) is -1.29. The van der Waals surface area contributed by atoms with Crippen LogP contribution in [-0.4, -0.2) is 40.9 Å². The van der Waals surface area contributed by atoms with Crippen molar-refractivity contribution in [3.8, 4) is 5.75 Å². The Morgan fingerprint density at radius 3 is 2.62 bits per heavy atom. The molecular formula is C22H24N2O5. The van der Waals surface area contributed by atoms with Gasteiger partial charge in [0.1, 0.15) is 5.75 Å². The number of benzene rings is 2. The zero-order chi connectivity index (χ0) is 21.0. The number of anilines is 1. The Morgan fingerprint density at radius 2 is 1.97 bits per heavy atom. The Bertz CT molecular complexity index is 913. The maximum atomic E-state index is 12.7. The van der Waals surface area contributed by atoms with Crippen LogP contribution < -0.4 is 10.1 Å². The second-order valence-corrected chi connectivity index (χ2v) is 7.18. The molecule has 7 heteroatoms. The topological polar surface area (TPSA) is 95.9 Å².